The summed E-state index contributed by atoms with van der Waals surface area (Å²) >= 11 is 0. The van der Waals surface area contributed by atoms with Gasteiger partial charge in [0.1, 0.15) is 11.4 Å². The molecule has 1 fully saturated rings. The van der Waals surface area contributed by atoms with Gasteiger partial charge >= 0.3 is 0 Å². The molecule has 2 aromatic rings. The molecule has 0 saturated carbocycles. The number of nitrogens with one attached hydrogen (secondary N) is 1. The molecule has 0 aromatic heterocycles. The van der Waals surface area contributed by atoms with Crippen molar-refractivity contribution in [1.82, 2.24) is 9.62 Å². The van der Waals surface area contributed by atoms with E-state index in [4.69, 9.17) is 9.73 Å². The Morgan fingerprint density at radius 1 is 1.10 bits per heavy atom. The number of benzene rings is 2. The highest BCUT2D eigenvalue weighted by atomic mass is 32.3. The van der Waals surface area contributed by atoms with Crippen LogP contribution in [0, 0.1) is 5.82 Å². The summed E-state index contributed by atoms with van der Waals surface area (Å²) in [6.45, 7) is 3.48. The van der Waals surface area contributed by atoms with Gasteiger partial charge in [0.25, 0.3) is 6.02 Å². The fourth-order valence-corrected chi connectivity index (χ4v) is 11.0. The molecule has 0 amide bonds. The van der Waals surface area contributed by atoms with E-state index in [0.717, 1.165) is 44.9 Å². The van der Waals surface area contributed by atoms with Crippen molar-refractivity contribution < 1.29 is 9.13 Å². The van der Waals surface area contributed by atoms with E-state index >= 15 is 0 Å². The fourth-order valence-electron chi connectivity index (χ4n) is 5.42. The Bertz CT molecular complexity index is 1040. The molecular weight excluding hydrogens is 385 g/mol. The zero-order valence-corrected chi connectivity index (χ0v) is 17.2. The molecular formula is C23H26FN3OS. The summed E-state index contributed by atoms with van der Waals surface area (Å²) < 4.78 is 22.8. The lowest BCUT2D eigenvalue weighted by molar-refractivity contribution is 0.0500. The van der Waals surface area contributed by atoms with Crippen LogP contribution in [-0.2, 0) is 11.2 Å². The van der Waals surface area contributed by atoms with Crippen LogP contribution in [0.5, 0.6) is 0 Å². The van der Waals surface area contributed by atoms with Crippen molar-refractivity contribution in [3.63, 3.8) is 0 Å². The smallest absolute Gasteiger partial charge is 0.296 e. The van der Waals surface area contributed by atoms with Gasteiger partial charge in [-0.05, 0) is 77.4 Å². The standard InChI is InChI=1S/C23H26FN3OS/c24-19-6-8-20(9-7-19)29(14-15-29)21-5-2-1-4-18(21)10-13-27(29)22-26-17-23(28-22)11-3-12-25-16-23/h1-2,4-9,14-15,25,29H,3,10-13,16-17H2/t23-/m0/s1. The molecule has 1 atom stereocenters. The first-order valence-electron chi connectivity index (χ1n) is 10.4. The molecule has 0 aliphatic carbocycles. The molecule has 2 aromatic carbocycles. The molecule has 6 heteroatoms. The zero-order valence-electron chi connectivity index (χ0n) is 16.4. The molecule has 29 heavy (non-hydrogen) atoms. The highest BCUT2D eigenvalue weighted by Crippen LogP contribution is 2.95. The minimum absolute atomic E-state index is 0.203. The van der Waals surface area contributed by atoms with E-state index in [9.17, 15) is 4.39 Å². The number of rotatable bonds is 1. The first-order chi connectivity index (χ1) is 14.1. The van der Waals surface area contributed by atoms with Gasteiger partial charge in [-0.1, -0.05) is 18.2 Å². The van der Waals surface area contributed by atoms with Crippen molar-refractivity contribution in [2.45, 2.75) is 34.7 Å². The summed E-state index contributed by atoms with van der Waals surface area (Å²) in [5.41, 5.74) is 1.17. The number of ether oxygens (including phenoxy) is 1. The lowest BCUT2D eigenvalue weighted by atomic mass is 9.95. The third kappa shape index (κ3) is 2.27. The third-order valence-corrected chi connectivity index (χ3v) is 12.4. The number of piperidine rings is 1. The molecule has 1 N–H and O–H groups in total. The van der Waals surface area contributed by atoms with Crippen LogP contribution in [0.3, 0.4) is 0 Å². The Morgan fingerprint density at radius 2 is 1.93 bits per heavy atom. The maximum Gasteiger partial charge on any atom is 0.296 e. The van der Waals surface area contributed by atoms with Crippen molar-refractivity contribution in [2.75, 3.05) is 26.2 Å². The summed E-state index contributed by atoms with van der Waals surface area (Å²) in [5, 5.41) is 8.18. The molecule has 6 rings (SSSR count). The number of amidine groups is 1. The van der Waals surface area contributed by atoms with Crippen LogP contribution in [0.15, 0.2) is 74.1 Å². The minimum atomic E-state index is -2.85. The van der Waals surface area contributed by atoms with Crippen LogP contribution in [0.2, 0.25) is 0 Å². The van der Waals surface area contributed by atoms with Gasteiger partial charge in [-0.15, -0.1) is 0 Å². The molecule has 4 nitrogen and oxygen atoms in total. The topological polar surface area (TPSA) is 36.9 Å². The number of aliphatic imine (C=N–C) groups is 1. The maximum absolute atomic E-state index is 13.8. The highest BCUT2D eigenvalue weighted by molar-refractivity contribution is 8.57. The average Bonchev–Trinajstić information content (AvgIpc) is 3.39. The van der Waals surface area contributed by atoms with Crippen LogP contribution in [-0.4, -0.2) is 42.1 Å². The molecule has 152 valence electrons. The van der Waals surface area contributed by atoms with E-state index < -0.39 is 9.35 Å². The van der Waals surface area contributed by atoms with Gasteiger partial charge in [0.15, 0.2) is 0 Å². The maximum atomic E-state index is 13.8. The molecule has 2 spiro atoms. The average molecular weight is 412 g/mol. The Kier molecular flexibility index (Phi) is 3.55. The molecule has 0 radical (unpaired) electrons. The van der Waals surface area contributed by atoms with E-state index in [-0.39, 0.29) is 11.4 Å². The predicted molar refractivity (Wildman–Crippen MR) is 116 cm³/mol. The monoisotopic (exact) mass is 411 g/mol. The molecule has 4 aliphatic heterocycles. The number of halogens is 1. The zero-order chi connectivity index (χ0) is 19.6. The van der Waals surface area contributed by atoms with Gasteiger partial charge in [0.2, 0.25) is 0 Å². The van der Waals surface area contributed by atoms with Crippen molar-refractivity contribution in [2.24, 2.45) is 4.99 Å². The first-order valence-corrected chi connectivity index (χ1v) is 12.8. The van der Waals surface area contributed by atoms with Crippen molar-refractivity contribution >= 4 is 15.4 Å². The van der Waals surface area contributed by atoms with E-state index in [1.54, 1.807) is 12.1 Å². The van der Waals surface area contributed by atoms with Gasteiger partial charge in [-0.2, -0.15) is 9.35 Å². The lowest BCUT2D eigenvalue weighted by Crippen LogP contribution is -2.50. The first kappa shape index (κ1) is 17.5. The minimum Gasteiger partial charge on any atom is -0.455 e. The van der Waals surface area contributed by atoms with Gasteiger partial charge in [0, 0.05) is 18.0 Å². The lowest BCUT2D eigenvalue weighted by Gasteiger charge is -2.59. The number of fused-ring (bicyclic) bond motifs is 2. The number of hydrogen-bond acceptors (Lipinski definition) is 4. The Labute approximate surface area is 170 Å². The summed E-state index contributed by atoms with van der Waals surface area (Å²) in [6.07, 6.45) is 3.12. The molecule has 4 aliphatic rings. The van der Waals surface area contributed by atoms with E-state index in [0.29, 0.717) is 6.54 Å². The fraction of sp³-hybridized carbons (Fsp3) is 0.348. The number of nitrogens with zero attached hydrogens (tertiary/aromatic N) is 2. The Balaban J connectivity index is 1.48. The molecule has 1 saturated heterocycles. The summed E-state index contributed by atoms with van der Waals surface area (Å²) in [5.74, 6) is -0.203. The summed E-state index contributed by atoms with van der Waals surface area (Å²) in [4.78, 5) is 7.45. The van der Waals surface area contributed by atoms with Crippen molar-refractivity contribution in [3.05, 3.63) is 70.7 Å². The Hall–Kier alpha value is -2.31. The van der Waals surface area contributed by atoms with Crippen LogP contribution in [0.4, 0.5) is 4.39 Å². The predicted octanol–water partition coefficient (Wildman–Crippen LogP) is 4.08. The van der Waals surface area contributed by atoms with Crippen molar-refractivity contribution in [3.8, 4) is 0 Å². The normalized spacial score (nSPS) is 29.6. The molecule has 0 unspecified atom stereocenters. The Morgan fingerprint density at radius 3 is 2.69 bits per heavy atom. The number of thiol groups is 1. The van der Waals surface area contributed by atoms with E-state index in [2.05, 4.69) is 44.7 Å². The largest absolute Gasteiger partial charge is 0.455 e. The summed E-state index contributed by atoms with van der Waals surface area (Å²) in [6, 6.07) is 16.5. The van der Waals surface area contributed by atoms with Gasteiger partial charge in [0.05, 0.1) is 6.54 Å². The second kappa shape index (κ2) is 5.86. The van der Waals surface area contributed by atoms with E-state index in [1.807, 2.05) is 12.1 Å². The SMILES string of the molecule is Fc1ccc([SH]23(C=C2)c2ccccc2CCN3C2=NC[C@@]3(CCCNC3)O2)cc1. The second-order valence-electron chi connectivity index (χ2n) is 8.65. The molecule has 0 bridgehead atoms. The van der Waals surface area contributed by atoms with Crippen LogP contribution in [0.1, 0.15) is 18.4 Å². The van der Waals surface area contributed by atoms with Gasteiger partial charge in [-0.25, -0.2) is 9.38 Å². The second-order valence-corrected chi connectivity index (χ2v) is 13.1. The van der Waals surface area contributed by atoms with Gasteiger partial charge < -0.3 is 10.1 Å². The van der Waals surface area contributed by atoms with Crippen LogP contribution >= 0.6 is 9.35 Å². The molecule has 4 heterocycles. The van der Waals surface area contributed by atoms with Crippen molar-refractivity contribution in [1.29, 1.82) is 0 Å². The van der Waals surface area contributed by atoms with Crippen LogP contribution in [0.25, 0.3) is 0 Å². The van der Waals surface area contributed by atoms with Gasteiger partial charge in [-0.3, -0.25) is 4.31 Å². The van der Waals surface area contributed by atoms with E-state index in [1.165, 1.54) is 15.4 Å². The summed E-state index contributed by atoms with van der Waals surface area (Å²) in [7, 11) is -2.85. The number of hydrogen-bond donors (Lipinski definition) is 2. The van der Waals surface area contributed by atoms with Crippen LogP contribution < -0.4 is 5.32 Å². The highest BCUT2D eigenvalue weighted by Gasteiger charge is 2.59. The third-order valence-electron chi connectivity index (χ3n) is 7.03. The quantitative estimate of drug-likeness (QED) is 0.695.